The Hall–Kier alpha value is -3.02. The van der Waals surface area contributed by atoms with Gasteiger partial charge < -0.3 is 14.8 Å². The van der Waals surface area contributed by atoms with Gasteiger partial charge in [0.2, 0.25) is 0 Å². The molecule has 0 saturated heterocycles. The quantitative estimate of drug-likeness (QED) is 0.442. The summed E-state index contributed by atoms with van der Waals surface area (Å²) in [4.78, 5) is 24.1. The van der Waals surface area contributed by atoms with Gasteiger partial charge in [-0.25, -0.2) is 4.79 Å². The Morgan fingerprint density at radius 3 is 2.21 bits per heavy atom. The van der Waals surface area contributed by atoms with Crippen molar-refractivity contribution in [3.63, 3.8) is 0 Å². The summed E-state index contributed by atoms with van der Waals surface area (Å²) in [6.45, 7) is -0.289. The third-order valence-corrected chi connectivity index (χ3v) is 4.20. The molecule has 142 valence electrons. The molecule has 0 aliphatic carbocycles. The SMILES string of the molecule is O=C(COc1ccccc1Cl)Oc1ccc(C(=O)Nc2ccc(Cl)cc2)cc1. The number of hydrogen-bond donors (Lipinski definition) is 1. The largest absolute Gasteiger partial charge is 0.480 e. The Morgan fingerprint density at radius 1 is 0.857 bits per heavy atom. The first kappa shape index (κ1) is 19.7. The van der Waals surface area contributed by atoms with Gasteiger partial charge in [0.25, 0.3) is 5.91 Å². The maximum Gasteiger partial charge on any atom is 0.349 e. The fraction of sp³-hybridized carbons (Fsp3) is 0.0476. The zero-order valence-corrected chi connectivity index (χ0v) is 16.0. The molecule has 3 rings (SSSR count). The molecule has 28 heavy (non-hydrogen) atoms. The van der Waals surface area contributed by atoms with Gasteiger partial charge in [-0.3, -0.25) is 4.79 Å². The summed E-state index contributed by atoms with van der Waals surface area (Å²) < 4.78 is 10.5. The highest BCUT2D eigenvalue weighted by molar-refractivity contribution is 6.32. The van der Waals surface area contributed by atoms with E-state index in [1.54, 1.807) is 60.7 Å². The minimum atomic E-state index is -0.585. The molecule has 0 saturated carbocycles. The topological polar surface area (TPSA) is 64.6 Å². The van der Waals surface area contributed by atoms with E-state index in [1.165, 1.54) is 12.1 Å². The van der Waals surface area contributed by atoms with Crippen molar-refractivity contribution >= 4 is 40.8 Å². The second kappa shape index (κ2) is 9.26. The second-order valence-electron chi connectivity index (χ2n) is 5.68. The molecule has 3 aromatic carbocycles. The maximum atomic E-state index is 12.2. The molecule has 0 unspecified atom stereocenters. The van der Waals surface area contributed by atoms with Crippen molar-refractivity contribution in [2.75, 3.05) is 11.9 Å². The molecule has 3 aromatic rings. The van der Waals surface area contributed by atoms with Crippen LogP contribution in [0.2, 0.25) is 10.0 Å². The van der Waals surface area contributed by atoms with Crippen molar-refractivity contribution < 1.29 is 19.1 Å². The summed E-state index contributed by atoms with van der Waals surface area (Å²) in [5.74, 6) is -0.174. The van der Waals surface area contributed by atoms with Crippen molar-refractivity contribution in [3.05, 3.63) is 88.4 Å². The van der Waals surface area contributed by atoms with E-state index in [1.807, 2.05) is 0 Å². The summed E-state index contributed by atoms with van der Waals surface area (Å²) >= 11 is 11.8. The average molecular weight is 416 g/mol. The zero-order valence-electron chi connectivity index (χ0n) is 14.5. The number of nitrogens with one attached hydrogen (secondary N) is 1. The molecule has 0 aliphatic heterocycles. The van der Waals surface area contributed by atoms with E-state index in [0.717, 1.165) is 0 Å². The fourth-order valence-electron chi connectivity index (χ4n) is 2.27. The highest BCUT2D eigenvalue weighted by Gasteiger charge is 2.10. The summed E-state index contributed by atoms with van der Waals surface area (Å²) in [6.07, 6.45) is 0. The molecule has 0 spiro atoms. The fourth-order valence-corrected chi connectivity index (χ4v) is 2.59. The molecule has 0 aromatic heterocycles. The van der Waals surface area contributed by atoms with Gasteiger partial charge in [0.15, 0.2) is 6.61 Å². The van der Waals surface area contributed by atoms with E-state index in [-0.39, 0.29) is 12.5 Å². The van der Waals surface area contributed by atoms with Crippen LogP contribution in [-0.4, -0.2) is 18.5 Å². The number of esters is 1. The predicted molar refractivity (Wildman–Crippen MR) is 108 cm³/mol. The second-order valence-corrected chi connectivity index (χ2v) is 6.52. The lowest BCUT2D eigenvalue weighted by molar-refractivity contribution is -0.136. The lowest BCUT2D eigenvalue weighted by atomic mass is 10.2. The minimum absolute atomic E-state index is 0.289. The normalized spacial score (nSPS) is 10.2. The Labute approximate surface area is 171 Å². The third-order valence-electron chi connectivity index (χ3n) is 3.63. The highest BCUT2D eigenvalue weighted by atomic mass is 35.5. The molecule has 0 fully saturated rings. The van der Waals surface area contributed by atoms with E-state index >= 15 is 0 Å². The number of amides is 1. The number of carbonyl (C=O) groups is 2. The Kier molecular flexibility index (Phi) is 6.53. The van der Waals surface area contributed by atoms with Crippen molar-refractivity contribution in [2.45, 2.75) is 0 Å². The van der Waals surface area contributed by atoms with Crippen molar-refractivity contribution in [1.82, 2.24) is 0 Å². The smallest absolute Gasteiger partial charge is 0.349 e. The first-order valence-electron chi connectivity index (χ1n) is 8.26. The van der Waals surface area contributed by atoms with E-state index in [2.05, 4.69) is 5.32 Å². The summed E-state index contributed by atoms with van der Waals surface area (Å²) in [5, 5.41) is 3.75. The van der Waals surface area contributed by atoms with Crippen molar-refractivity contribution in [1.29, 1.82) is 0 Å². The molecule has 5 nitrogen and oxygen atoms in total. The molecular formula is C21H15Cl2NO4. The molecule has 0 atom stereocenters. The summed E-state index contributed by atoms with van der Waals surface area (Å²) in [5.41, 5.74) is 1.05. The number of para-hydroxylation sites is 1. The molecule has 0 heterocycles. The number of anilines is 1. The zero-order chi connectivity index (χ0) is 19.9. The molecular weight excluding hydrogens is 401 g/mol. The molecule has 0 aliphatic rings. The summed E-state index contributed by atoms with van der Waals surface area (Å²) in [7, 11) is 0. The number of rotatable bonds is 6. The van der Waals surface area contributed by atoms with E-state index in [4.69, 9.17) is 32.7 Å². The van der Waals surface area contributed by atoms with Crippen LogP contribution in [0.3, 0.4) is 0 Å². The van der Waals surface area contributed by atoms with Crippen LogP contribution in [0.5, 0.6) is 11.5 Å². The Bertz CT molecular complexity index is 972. The minimum Gasteiger partial charge on any atom is -0.480 e. The first-order chi connectivity index (χ1) is 13.5. The first-order valence-corrected chi connectivity index (χ1v) is 9.02. The maximum absolute atomic E-state index is 12.2. The molecule has 1 N–H and O–H groups in total. The van der Waals surface area contributed by atoms with Gasteiger partial charge in [-0.1, -0.05) is 35.3 Å². The van der Waals surface area contributed by atoms with E-state index < -0.39 is 5.97 Å². The predicted octanol–water partition coefficient (Wildman–Crippen LogP) is 5.23. The highest BCUT2D eigenvalue weighted by Crippen LogP contribution is 2.23. The standard InChI is InChI=1S/C21H15Cl2NO4/c22-15-7-9-16(10-8-15)24-21(26)14-5-11-17(12-6-14)28-20(25)13-27-19-4-2-1-3-18(19)23/h1-12H,13H2,(H,24,26). The van der Waals surface area contributed by atoms with Gasteiger partial charge >= 0.3 is 5.97 Å². The van der Waals surface area contributed by atoms with Crippen LogP contribution in [-0.2, 0) is 4.79 Å². The molecule has 0 radical (unpaired) electrons. The van der Waals surface area contributed by atoms with Gasteiger partial charge in [-0.05, 0) is 60.7 Å². The van der Waals surface area contributed by atoms with Crippen LogP contribution in [0.15, 0.2) is 72.8 Å². The van der Waals surface area contributed by atoms with Crippen LogP contribution >= 0.6 is 23.2 Å². The Morgan fingerprint density at radius 2 is 1.54 bits per heavy atom. The van der Waals surface area contributed by atoms with Crippen molar-refractivity contribution in [3.8, 4) is 11.5 Å². The average Bonchev–Trinajstić information content (AvgIpc) is 2.69. The molecule has 1 amide bonds. The number of halogens is 2. The van der Waals surface area contributed by atoms with Crippen LogP contribution in [0.4, 0.5) is 5.69 Å². The summed E-state index contributed by atoms with van der Waals surface area (Å²) in [6, 6.07) is 19.8. The van der Waals surface area contributed by atoms with Gasteiger partial charge in [-0.2, -0.15) is 0 Å². The van der Waals surface area contributed by atoms with Crippen LogP contribution in [0.1, 0.15) is 10.4 Å². The van der Waals surface area contributed by atoms with Crippen LogP contribution < -0.4 is 14.8 Å². The van der Waals surface area contributed by atoms with E-state index in [0.29, 0.717) is 32.8 Å². The van der Waals surface area contributed by atoms with Crippen LogP contribution in [0.25, 0.3) is 0 Å². The van der Waals surface area contributed by atoms with Gasteiger partial charge in [0.1, 0.15) is 11.5 Å². The molecule has 7 heteroatoms. The number of carbonyl (C=O) groups excluding carboxylic acids is 2. The van der Waals surface area contributed by atoms with Gasteiger partial charge in [-0.15, -0.1) is 0 Å². The number of benzene rings is 3. The monoisotopic (exact) mass is 415 g/mol. The van der Waals surface area contributed by atoms with Gasteiger partial charge in [0.05, 0.1) is 5.02 Å². The lowest BCUT2D eigenvalue weighted by Gasteiger charge is -2.09. The lowest BCUT2D eigenvalue weighted by Crippen LogP contribution is -2.18. The molecule has 0 bridgehead atoms. The third kappa shape index (κ3) is 5.49. The number of ether oxygens (including phenoxy) is 2. The number of hydrogen-bond acceptors (Lipinski definition) is 4. The van der Waals surface area contributed by atoms with E-state index in [9.17, 15) is 9.59 Å². The Balaban J connectivity index is 1.53. The van der Waals surface area contributed by atoms with Crippen molar-refractivity contribution in [2.24, 2.45) is 0 Å². The van der Waals surface area contributed by atoms with Gasteiger partial charge in [0, 0.05) is 16.3 Å². The van der Waals surface area contributed by atoms with Crippen LogP contribution in [0, 0.1) is 0 Å².